The number of carbonyl (C=O) groups is 1. The van der Waals surface area contributed by atoms with Gasteiger partial charge in [-0.15, -0.1) is 0 Å². The molecule has 3 rings (SSSR count). The minimum absolute atomic E-state index is 0.0558. The van der Waals surface area contributed by atoms with Crippen LogP contribution in [-0.2, 0) is 0 Å². The van der Waals surface area contributed by atoms with Gasteiger partial charge in [0.1, 0.15) is 0 Å². The molecule has 0 bridgehead atoms. The van der Waals surface area contributed by atoms with E-state index in [-0.39, 0.29) is 11.4 Å². The molecule has 1 fully saturated rings. The molecule has 0 radical (unpaired) electrons. The van der Waals surface area contributed by atoms with Gasteiger partial charge in [-0.05, 0) is 30.7 Å². The monoisotopic (exact) mass is 255 g/mol. The third kappa shape index (κ3) is 2.08. The molecule has 0 atom stereocenters. The molecule has 2 heterocycles. The maximum absolute atomic E-state index is 12.3. The molecule has 1 aromatic heterocycles. The van der Waals surface area contributed by atoms with Gasteiger partial charge < -0.3 is 10.6 Å². The molecule has 1 aliphatic heterocycles. The summed E-state index contributed by atoms with van der Waals surface area (Å²) in [4.78, 5) is 18.4. The third-order valence-electron chi connectivity index (χ3n) is 3.85. The van der Waals surface area contributed by atoms with Crippen molar-refractivity contribution in [3.63, 3.8) is 0 Å². The van der Waals surface area contributed by atoms with Crippen molar-refractivity contribution in [3.05, 3.63) is 42.1 Å². The van der Waals surface area contributed by atoms with Crippen molar-refractivity contribution in [1.29, 1.82) is 0 Å². The highest BCUT2D eigenvalue weighted by atomic mass is 16.2. The Morgan fingerprint density at radius 3 is 2.95 bits per heavy atom. The number of nitrogens with zero attached hydrogens (tertiary/aromatic N) is 2. The van der Waals surface area contributed by atoms with Crippen LogP contribution in [0.5, 0.6) is 0 Å². The number of hydrogen-bond donors (Lipinski definition) is 1. The van der Waals surface area contributed by atoms with Crippen LogP contribution in [0, 0.1) is 0 Å². The molecule has 4 heteroatoms. The summed E-state index contributed by atoms with van der Waals surface area (Å²) in [6.45, 7) is 3.35. The number of fused-ring (bicyclic) bond motifs is 1. The molecule has 0 spiro atoms. The van der Waals surface area contributed by atoms with Gasteiger partial charge in [-0.1, -0.05) is 13.0 Å². The fourth-order valence-corrected chi connectivity index (χ4v) is 2.47. The maximum Gasteiger partial charge on any atom is 0.254 e. The molecular formula is C15H17N3O. The lowest BCUT2D eigenvalue weighted by Crippen LogP contribution is -2.68. The van der Waals surface area contributed by atoms with Gasteiger partial charge in [-0.2, -0.15) is 0 Å². The van der Waals surface area contributed by atoms with Crippen molar-refractivity contribution < 1.29 is 4.79 Å². The molecule has 1 saturated heterocycles. The Morgan fingerprint density at radius 1 is 1.42 bits per heavy atom. The minimum Gasteiger partial charge on any atom is -0.335 e. The smallest absolute Gasteiger partial charge is 0.254 e. The van der Waals surface area contributed by atoms with Crippen LogP contribution in [0.1, 0.15) is 23.7 Å². The first kappa shape index (κ1) is 12.1. The van der Waals surface area contributed by atoms with Gasteiger partial charge in [0, 0.05) is 30.2 Å². The molecule has 1 amide bonds. The second kappa shape index (κ2) is 4.31. The molecule has 2 aromatic rings. The van der Waals surface area contributed by atoms with E-state index in [1.165, 1.54) is 0 Å². The molecule has 2 N–H and O–H groups in total. The molecule has 1 aliphatic rings. The SMILES string of the molecule is CCC1(N)CN(C(=O)c2ccc3ncccc3c2)C1. The van der Waals surface area contributed by atoms with E-state index in [4.69, 9.17) is 5.73 Å². The van der Waals surface area contributed by atoms with Crippen LogP contribution in [0.4, 0.5) is 0 Å². The molecule has 4 nitrogen and oxygen atoms in total. The summed E-state index contributed by atoms with van der Waals surface area (Å²) in [6, 6.07) is 9.46. The van der Waals surface area contributed by atoms with E-state index in [1.54, 1.807) is 11.1 Å². The highest BCUT2D eigenvalue weighted by Crippen LogP contribution is 2.24. The first-order valence-corrected chi connectivity index (χ1v) is 6.54. The van der Waals surface area contributed by atoms with Crippen LogP contribution in [-0.4, -0.2) is 34.4 Å². The zero-order chi connectivity index (χ0) is 13.5. The summed E-state index contributed by atoms with van der Waals surface area (Å²) >= 11 is 0. The summed E-state index contributed by atoms with van der Waals surface area (Å²) in [6.07, 6.45) is 2.65. The van der Waals surface area contributed by atoms with Gasteiger partial charge in [-0.25, -0.2) is 0 Å². The summed E-state index contributed by atoms with van der Waals surface area (Å²) < 4.78 is 0. The average molecular weight is 255 g/mol. The summed E-state index contributed by atoms with van der Waals surface area (Å²) in [5.41, 5.74) is 7.52. The number of aromatic nitrogens is 1. The molecule has 19 heavy (non-hydrogen) atoms. The Labute approximate surface area is 112 Å². The summed E-state index contributed by atoms with van der Waals surface area (Å²) in [7, 11) is 0. The third-order valence-corrected chi connectivity index (χ3v) is 3.85. The predicted molar refractivity (Wildman–Crippen MR) is 74.9 cm³/mol. The van der Waals surface area contributed by atoms with Crippen molar-refractivity contribution in [2.24, 2.45) is 5.73 Å². The van der Waals surface area contributed by atoms with Gasteiger partial charge >= 0.3 is 0 Å². The largest absolute Gasteiger partial charge is 0.335 e. The highest BCUT2D eigenvalue weighted by Gasteiger charge is 2.40. The first-order valence-electron chi connectivity index (χ1n) is 6.54. The van der Waals surface area contributed by atoms with Crippen molar-refractivity contribution in [2.75, 3.05) is 13.1 Å². The number of pyridine rings is 1. The van der Waals surface area contributed by atoms with Gasteiger partial charge in [0.2, 0.25) is 0 Å². The molecule has 0 unspecified atom stereocenters. The van der Waals surface area contributed by atoms with E-state index in [0.29, 0.717) is 18.7 Å². The van der Waals surface area contributed by atoms with E-state index in [1.807, 2.05) is 30.3 Å². The summed E-state index contributed by atoms with van der Waals surface area (Å²) in [5, 5.41) is 0.989. The topological polar surface area (TPSA) is 59.2 Å². The number of amides is 1. The van der Waals surface area contributed by atoms with Gasteiger partial charge in [0.05, 0.1) is 11.1 Å². The standard InChI is InChI=1S/C15H17N3O/c1-2-15(16)9-18(10-15)14(19)12-5-6-13-11(8-12)4-3-7-17-13/h3-8H,2,9-10,16H2,1H3. The average Bonchev–Trinajstić information content (AvgIpc) is 2.42. The second-order valence-electron chi connectivity index (χ2n) is 5.29. The fourth-order valence-electron chi connectivity index (χ4n) is 2.47. The van der Waals surface area contributed by atoms with Crippen LogP contribution in [0.15, 0.2) is 36.5 Å². The Bertz CT molecular complexity index is 632. The predicted octanol–water partition coefficient (Wildman–Crippen LogP) is 1.80. The van der Waals surface area contributed by atoms with E-state index >= 15 is 0 Å². The van der Waals surface area contributed by atoms with Crippen LogP contribution in [0.2, 0.25) is 0 Å². The zero-order valence-electron chi connectivity index (χ0n) is 11.0. The number of carbonyl (C=O) groups excluding carboxylic acids is 1. The lowest BCUT2D eigenvalue weighted by Gasteiger charge is -2.47. The molecule has 98 valence electrons. The number of likely N-dealkylation sites (tertiary alicyclic amines) is 1. The van der Waals surface area contributed by atoms with Crippen LogP contribution in [0.25, 0.3) is 10.9 Å². The normalized spacial score (nSPS) is 17.3. The molecule has 0 aliphatic carbocycles. The maximum atomic E-state index is 12.3. The molecule has 0 saturated carbocycles. The number of rotatable bonds is 2. The van der Waals surface area contributed by atoms with Crippen molar-refractivity contribution in [3.8, 4) is 0 Å². The fraction of sp³-hybridized carbons (Fsp3) is 0.333. The summed E-state index contributed by atoms with van der Waals surface area (Å²) in [5.74, 6) is 0.0558. The quantitative estimate of drug-likeness (QED) is 0.890. The van der Waals surface area contributed by atoms with Crippen molar-refractivity contribution in [2.45, 2.75) is 18.9 Å². The molecular weight excluding hydrogens is 238 g/mol. The number of benzene rings is 1. The van der Waals surface area contributed by atoms with E-state index in [9.17, 15) is 4.79 Å². The Balaban J connectivity index is 1.83. The second-order valence-corrected chi connectivity index (χ2v) is 5.29. The minimum atomic E-state index is -0.186. The van der Waals surface area contributed by atoms with Gasteiger partial charge in [-0.3, -0.25) is 9.78 Å². The highest BCUT2D eigenvalue weighted by molar-refractivity contribution is 5.98. The Hall–Kier alpha value is -1.94. The lowest BCUT2D eigenvalue weighted by molar-refractivity contribution is 0.0401. The van der Waals surface area contributed by atoms with E-state index in [2.05, 4.69) is 11.9 Å². The lowest BCUT2D eigenvalue weighted by atomic mass is 9.87. The van der Waals surface area contributed by atoms with E-state index < -0.39 is 0 Å². The molecule has 1 aromatic carbocycles. The van der Waals surface area contributed by atoms with Crippen LogP contribution in [0.3, 0.4) is 0 Å². The van der Waals surface area contributed by atoms with Gasteiger partial charge in [0.25, 0.3) is 5.91 Å². The van der Waals surface area contributed by atoms with Crippen molar-refractivity contribution >= 4 is 16.8 Å². The number of hydrogen-bond acceptors (Lipinski definition) is 3. The van der Waals surface area contributed by atoms with Crippen LogP contribution < -0.4 is 5.73 Å². The Kier molecular flexibility index (Phi) is 2.75. The van der Waals surface area contributed by atoms with Crippen molar-refractivity contribution in [1.82, 2.24) is 9.88 Å². The van der Waals surface area contributed by atoms with Gasteiger partial charge in [0.15, 0.2) is 0 Å². The zero-order valence-corrected chi connectivity index (χ0v) is 11.0. The Morgan fingerprint density at radius 2 is 2.21 bits per heavy atom. The number of nitrogens with two attached hydrogens (primary N) is 1. The van der Waals surface area contributed by atoms with E-state index in [0.717, 1.165) is 17.3 Å². The first-order chi connectivity index (χ1) is 9.11. The van der Waals surface area contributed by atoms with Crippen LogP contribution >= 0.6 is 0 Å².